The van der Waals surface area contributed by atoms with Crippen LogP contribution >= 0.6 is 0 Å². The standard InChI is InChI=1S/C23H27N5O/c1-29-20-14-12-19(13-15-20)25-22-16-21(24-17-8-4-2-5-9-17)27-23(28-22)26-18-10-6-3-7-11-18/h2,4-5,8-9,12-16,18H,3,6-7,10-11H2,1H3,(H3,24,25,26,27,28). The van der Waals surface area contributed by atoms with Crippen LogP contribution in [-0.4, -0.2) is 23.1 Å². The Morgan fingerprint density at radius 3 is 2.03 bits per heavy atom. The first kappa shape index (κ1) is 19.1. The molecule has 29 heavy (non-hydrogen) atoms. The maximum Gasteiger partial charge on any atom is 0.226 e. The van der Waals surface area contributed by atoms with Gasteiger partial charge in [-0.25, -0.2) is 0 Å². The van der Waals surface area contributed by atoms with Crippen molar-refractivity contribution in [3.8, 4) is 5.75 Å². The van der Waals surface area contributed by atoms with Gasteiger partial charge in [-0.2, -0.15) is 9.97 Å². The van der Waals surface area contributed by atoms with Crippen molar-refractivity contribution in [1.29, 1.82) is 0 Å². The minimum atomic E-state index is 0.435. The van der Waals surface area contributed by atoms with Gasteiger partial charge in [-0.1, -0.05) is 37.5 Å². The Bertz CT molecular complexity index is 908. The average molecular weight is 390 g/mol. The zero-order valence-corrected chi connectivity index (χ0v) is 16.7. The molecule has 3 aromatic rings. The molecule has 0 aliphatic heterocycles. The summed E-state index contributed by atoms with van der Waals surface area (Å²) in [6.07, 6.45) is 6.17. The molecule has 150 valence electrons. The molecule has 0 spiro atoms. The number of para-hydroxylation sites is 1. The molecule has 1 heterocycles. The van der Waals surface area contributed by atoms with Gasteiger partial charge in [-0.05, 0) is 49.2 Å². The van der Waals surface area contributed by atoms with E-state index in [1.807, 2.05) is 60.7 Å². The van der Waals surface area contributed by atoms with Crippen LogP contribution < -0.4 is 20.7 Å². The summed E-state index contributed by atoms with van der Waals surface area (Å²) in [5.41, 5.74) is 1.93. The normalized spacial score (nSPS) is 14.2. The lowest BCUT2D eigenvalue weighted by Gasteiger charge is -2.23. The van der Waals surface area contributed by atoms with Crippen LogP contribution in [0.4, 0.5) is 29.0 Å². The zero-order valence-electron chi connectivity index (χ0n) is 16.7. The van der Waals surface area contributed by atoms with Crippen molar-refractivity contribution < 1.29 is 4.74 Å². The van der Waals surface area contributed by atoms with E-state index in [4.69, 9.17) is 14.7 Å². The van der Waals surface area contributed by atoms with Gasteiger partial charge in [0.1, 0.15) is 17.4 Å². The second-order valence-electron chi connectivity index (χ2n) is 7.29. The molecule has 0 radical (unpaired) electrons. The third kappa shape index (κ3) is 5.38. The number of nitrogens with one attached hydrogen (secondary N) is 3. The molecule has 0 unspecified atom stereocenters. The van der Waals surface area contributed by atoms with Crippen LogP contribution in [0.3, 0.4) is 0 Å². The van der Waals surface area contributed by atoms with Crippen LogP contribution in [0.2, 0.25) is 0 Å². The summed E-state index contributed by atoms with van der Waals surface area (Å²) >= 11 is 0. The van der Waals surface area contributed by atoms with E-state index in [9.17, 15) is 0 Å². The molecule has 0 saturated heterocycles. The van der Waals surface area contributed by atoms with Crippen LogP contribution in [0.1, 0.15) is 32.1 Å². The summed E-state index contributed by atoms with van der Waals surface area (Å²) in [5, 5.41) is 10.3. The molecule has 1 aliphatic carbocycles. The molecule has 0 amide bonds. The summed E-state index contributed by atoms with van der Waals surface area (Å²) in [4.78, 5) is 9.40. The third-order valence-electron chi connectivity index (χ3n) is 5.07. The van der Waals surface area contributed by atoms with E-state index in [1.54, 1.807) is 7.11 Å². The Balaban J connectivity index is 1.57. The largest absolute Gasteiger partial charge is 0.497 e. The van der Waals surface area contributed by atoms with Gasteiger partial charge in [-0.3, -0.25) is 0 Å². The number of nitrogens with zero attached hydrogens (tertiary/aromatic N) is 2. The number of hydrogen-bond acceptors (Lipinski definition) is 6. The van der Waals surface area contributed by atoms with E-state index in [0.717, 1.165) is 28.8 Å². The first-order valence-corrected chi connectivity index (χ1v) is 10.2. The van der Waals surface area contributed by atoms with Gasteiger partial charge in [-0.15, -0.1) is 0 Å². The molecule has 0 atom stereocenters. The number of methoxy groups -OCH3 is 1. The monoisotopic (exact) mass is 389 g/mol. The molecular weight excluding hydrogens is 362 g/mol. The fourth-order valence-corrected chi connectivity index (χ4v) is 3.56. The van der Waals surface area contributed by atoms with Crippen molar-refractivity contribution >= 4 is 29.0 Å². The minimum Gasteiger partial charge on any atom is -0.497 e. The van der Waals surface area contributed by atoms with Gasteiger partial charge < -0.3 is 20.7 Å². The molecule has 0 bridgehead atoms. The fraction of sp³-hybridized carbons (Fsp3) is 0.304. The second kappa shape index (κ2) is 9.28. The maximum atomic E-state index is 5.24. The Morgan fingerprint density at radius 1 is 0.793 bits per heavy atom. The van der Waals surface area contributed by atoms with Crippen molar-refractivity contribution in [1.82, 2.24) is 9.97 Å². The van der Waals surface area contributed by atoms with E-state index < -0.39 is 0 Å². The number of anilines is 5. The molecule has 1 aliphatic rings. The highest BCUT2D eigenvalue weighted by molar-refractivity contribution is 5.65. The van der Waals surface area contributed by atoms with Crippen molar-refractivity contribution in [3.05, 3.63) is 60.7 Å². The first-order valence-electron chi connectivity index (χ1n) is 10.2. The molecule has 2 aromatic carbocycles. The average Bonchev–Trinajstić information content (AvgIpc) is 2.76. The molecule has 6 heteroatoms. The Kier molecular flexibility index (Phi) is 6.10. The van der Waals surface area contributed by atoms with E-state index >= 15 is 0 Å². The Labute approximate surface area is 171 Å². The maximum absolute atomic E-state index is 5.24. The van der Waals surface area contributed by atoms with Crippen molar-refractivity contribution in [2.45, 2.75) is 38.1 Å². The lowest BCUT2D eigenvalue weighted by atomic mass is 9.96. The topological polar surface area (TPSA) is 71.1 Å². The van der Waals surface area contributed by atoms with Gasteiger partial charge in [0.05, 0.1) is 7.11 Å². The zero-order chi connectivity index (χ0) is 19.9. The van der Waals surface area contributed by atoms with E-state index in [1.165, 1.54) is 32.1 Å². The number of ether oxygens (including phenoxy) is 1. The quantitative estimate of drug-likeness (QED) is 0.480. The van der Waals surface area contributed by atoms with E-state index in [-0.39, 0.29) is 0 Å². The molecule has 6 nitrogen and oxygen atoms in total. The van der Waals surface area contributed by atoms with E-state index in [2.05, 4.69) is 16.0 Å². The van der Waals surface area contributed by atoms with Crippen LogP contribution in [0, 0.1) is 0 Å². The number of hydrogen-bond donors (Lipinski definition) is 3. The predicted octanol–water partition coefficient (Wildman–Crippen LogP) is 5.72. The summed E-state index contributed by atoms with van der Waals surface area (Å²) in [7, 11) is 1.66. The van der Waals surface area contributed by atoms with E-state index in [0.29, 0.717) is 12.0 Å². The highest BCUT2D eigenvalue weighted by atomic mass is 16.5. The van der Waals surface area contributed by atoms with Gasteiger partial charge in [0.25, 0.3) is 0 Å². The van der Waals surface area contributed by atoms with Gasteiger partial charge in [0.2, 0.25) is 5.95 Å². The van der Waals surface area contributed by atoms with Crippen LogP contribution in [0.25, 0.3) is 0 Å². The molecule has 1 aromatic heterocycles. The van der Waals surface area contributed by atoms with Crippen molar-refractivity contribution in [3.63, 3.8) is 0 Å². The number of rotatable bonds is 7. The lowest BCUT2D eigenvalue weighted by Crippen LogP contribution is -2.23. The fourth-order valence-electron chi connectivity index (χ4n) is 3.56. The Morgan fingerprint density at radius 2 is 1.41 bits per heavy atom. The molecule has 4 rings (SSSR count). The SMILES string of the molecule is COc1ccc(Nc2cc(Nc3ccccc3)nc(NC3CCCCC3)n2)cc1. The highest BCUT2D eigenvalue weighted by Gasteiger charge is 2.15. The second-order valence-corrected chi connectivity index (χ2v) is 7.29. The minimum absolute atomic E-state index is 0.435. The third-order valence-corrected chi connectivity index (χ3v) is 5.07. The molecule has 1 fully saturated rings. The first-order chi connectivity index (χ1) is 14.3. The summed E-state index contributed by atoms with van der Waals surface area (Å²) in [6, 6.07) is 20.2. The highest BCUT2D eigenvalue weighted by Crippen LogP contribution is 2.25. The summed E-state index contributed by atoms with van der Waals surface area (Å²) < 4.78 is 5.24. The molecule has 1 saturated carbocycles. The van der Waals surface area contributed by atoms with Crippen molar-refractivity contribution in [2.75, 3.05) is 23.1 Å². The smallest absolute Gasteiger partial charge is 0.226 e. The van der Waals surface area contributed by atoms with Gasteiger partial charge in [0, 0.05) is 23.5 Å². The molecule has 3 N–H and O–H groups in total. The number of aromatic nitrogens is 2. The van der Waals surface area contributed by atoms with Gasteiger partial charge >= 0.3 is 0 Å². The number of benzene rings is 2. The molecular formula is C23H27N5O. The lowest BCUT2D eigenvalue weighted by molar-refractivity contribution is 0.415. The summed E-state index contributed by atoms with van der Waals surface area (Å²) in [6.45, 7) is 0. The predicted molar refractivity (Wildman–Crippen MR) is 119 cm³/mol. The Hall–Kier alpha value is -3.28. The summed E-state index contributed by atoms with van der Waals surface area (Å²) in [5.74, 6) is 2.96. The van der Waals surface area contributed by atoms with Crippen molar-refractivity contribution in [2.24, 2.45) is 0 Å². The van der Waals surface area contributed by atoms with Crippen LogP contribution in [0.5, 0.6) is 5.75 Å². The van der Waals surface area contributed by atoms with Gasteiger partial charge in [0.15, 0.2) is 0 Å². The van der Waals surface area contributed by atoms with Crippen LogP contribution in [-0.2, 0) is 0 Å². The van der Waals surface area contributed by atoms with Crippen LogP contribution in [0.15, 0.2) is 60.7 Å².